The molecule has 22 heavy (non-hydrogen) atoms. The summed E-state index contributed by atoms with van der Waals surface area (Å²) >= 11 is 1.52. The highest BCUT2D eigenvalue weighted by Crippen LogP contribution is 2.39. The Morgan fingerprint density at radius 1 is 1.50 bits per heavy atom. The Hall–Kier alpha value is -0.910. The van der Waals surface area contributed by atoms with E-state index in [0.29, 0.717) is 5.92 Å². The number of hydrogen-bond donors (Lipinski definition) is 0. The van der Waals surface area contributed by atoms with Gasteiger partial charge in [-0.3, -0.25) is 4.79 Å². The molecule has 122 valence electrons. The molecule has 5 heteroatoms. The zero-order chi connectivity index (χ0) is 15.4. The van der Waals surface area contributed by atoms with Crippen molar-refractivity contribution in [3.63, 3.8) is 0 Å². The van der Waals surface area contributed by atoms with Crippen LogP contribution in [0.3, 0.4) is 0 Å². The van der Waals surface area contributed by atoms with Gasteiger partial charge in [-0.25, -0.2) is 0 Å². The molecule has 0 aromatic carbocycles. The van der Waals surface area contributed by atoms with Crippen molar-refractivity contribution in [2.24, 2.45) is 5.92 Å². The van der Waals surface area contributed by atoms with Crippen LogP contribution < -0.4 is 0 Å². The molecule has 2 aliphatic rings. The average Bonchev–Trinajstić information content (AvgIpc) is 3.08. The summed E-state index contributed by atoms with van der Waals surface area (Å²) < 4.78 is 11.4. The molecule has 0 bridgehead atoms. The van der Waals surface area contributed by atoms with E-state index < -0.39 is 0 Å². The Labute approximate surface area is 136 Å². The third-order valence-corrected chi connectivity index (χ3v) is 5.88. The largest absolute Gasteiger partial charge is 0.385 e. The summed E-state index contributed by atoms with van der Waals surface area (Å²) in [6, 6.07) is 3.85. The molecule has 3 heterocycles. The van der Waals surface area contributed by atoms with Gasteiger partial charge < -0.3 is 14.4 Å². The highest BCUT2D eigenvalue weighted by molar-refractivity contribution is 7.12. The third kappa shape index (κ3) is 3.53. The van der Waals surface area contributed by atoms with Crippen molar-refractivity contribution in [3.05, 3.63) is 22.4 Å². The summed E-state index contributed by atoms with van der Waals surface area (Å²) in [5.74, 6) is 0.879. The molecule has 1 spiro atoms. The molecule has 1 atom stereocenters. The average molecular weight is 323 g/mol. The molecule has 1 unspecified atom stereocenters. The minimum atomic E-state index is 0.00286. The van der Waals surface area contributed by atoms with Crippen molar-refractivity contribution in [3.8, 4) is 0 Å². The maximum atomic E-state index is 12.4. The summed E-state index contributed by atoms with van der Waals surface area (Å²) in [5.41, 5.74) is 0.00286. The van der Waals surface area contributed by atoms with Crippen LogP contribution in [0.5, 0.6) is 0 Å². The Morgan fingerprint density at radius 2 is 2.32 bits per heavy atom. The molecule has 0 aliphatic carbocycles. The smallest absolute Gasteiger partial charge is 0.263 e. The Balaban J connectivity index is 1.55. The number of nitrogens with zero attached hydrogens (tertiary/aromatic N) is 1. The second-order valence-electron chi connectivity index (χ2n) is 6.44. The van der Waals surface area contributed by atoms with Crippen LogP contribution in [0, 0.1) is 5.92 Å². The van der Waals surface area contributed by atoms with Crippen molar-refractivity contribution in [2.75, 3.05) is 33.4 Å². The molecule has 0 radical (unpaired) electrons. The van der Waals surface area contributed by atoms with E-state index in [0.717, 1.165) is 63.3 Å². The lowest BCUT2D eigenvalue weighted by Crippen LogP contribution is -2.50. The molecule has 1 aromatic heterocycles. The van der Waals surface area contributed by atoms with Crippen LogP contribution in [-0.4, -0.2) is 49.8 Å². The normalized spacial score (nSPS) is 24.6. The van der Waals surface area contributed by atoms with Gasteiger partial charge in [0, 0.05) is 33.4 Å². The first-order chi connectivity index (χ1) is 10.7. The van der Waals surface area contributed by atoms with E-state index in [4.69, 9.17) is 9.47 Å². The van der Waals surface area contributed by atoms with Crippen LogP contribution in [0.25, 0.3) is 0 Å². The van der Waals surface area contributed by atoms with E-state index in [2.05, 4.69) is 0 Å². The molecule has 3 rings (SSSR count). The van der Waals surface area contributed by atoms with Gasteiger partial charge in [0.1, 0.15) is 0 Å². The molecule has 2 fully saturated rings. The molecule has 4 nitrogen and oxygen atoms in total. The lowest BCUT2D eigenvalue weighted by Gasteiger charge is -2.46. The molecule has 0 saturated carbocycles. The quantitative estimate of drug-likeness (QED) is 0.854. The molecular formula is C17H25NO3S. The van der Waals surface area contributed by atoms with Crippen molar-refractivity contribution in [1.29, 1.82) is 0 Å². The first kappa shape index (κ1) is 16.0. The first-order valence-electron chi connectivity index (χ1n) is 8.18. The SMILES string of the molecule is COCCC1CCOC2(CCN(C(=O)c3cccs3)CC2)C1. The molecular weight excluding hydrogens is 298 g/mol. The third-order valence-electron chi connectivity index (χ3n) is 5.02. The molecule has 0 N–H and O–H groups in total. The van der Waals surface area contributed by atoms with E-state index in [-0.39, 0.29) is 11.5 Å². The van der Waals surface area contributed by atoms with Crippen LogP contribution in [0.4, 0.5) is 0 Å². The number of piperidine rings is 1. The van der Waals surface area contributed by atoms with Gasteiger partial charge in [-0.2, -0.15) is 0 Å². The molecule has 2 saturated heterocycles. The fourth-order valence-corrected chi connectivity index (χ4v) is 4.37. The zero-order valence-corrected chi connectivity index (χ0v) is 14.1. The van der Waals surface area contributed by atoms with Crippen LogP contribution in [0.2, 0.25) is 0 Å². The van der Waals surface area contributed by atoms with Gasteiger partial charge in [-0.05, 0) is 49.5 Å². The number of rotatable bonds is 4. The number of likely N-dealkylation sites (tertiary alicyclic amines) is 1. The lowest BCUT2D eigenvalue weighted by molar-refractivity contribution is -0.125. The van der Waals surface area contributed by atoms with Gasteiger partial charge in [0.25, 0.3) is 5.91 Å². The van der Waals surface area contributed by atoms with Gasteiger partial charge in [0.15, 0.2) is 0 Å². The van der Waals surface area contributed by atoms with E-state index in [1.165, 1.54) is 11.3 Å². The minimum Gasteiger partial charge on any atom is -0.385 e. The lowest BCUT2D eigenvalue weighted by atomic mass is 9.78. The fraction of sp³-hybridized carbons (Fsp3) is 0.706. The predicted octanol–water partition coefficient (Wildman–Crippen LogP) is 3.19. The van der Waals surface area contributed by atoms with Gasteiger partial charge in [0.2, 0.25) is 0 Å². The summed E-state index contributed by atoms with van der Waals surface area (Å²) in [4.78, 5) is 15.2. The Bertz CT molecular complexity index is 480. The van der Waals surface area contributed by atoms with Gasteiger partial charge in [-0.1, -0.05) is 6.07 Å². The summed E-state index contributed by atoms with van der Waals surface area (Å²) in [6.07, 6.45) is 5.32. The number of amides is 1. The van der Waals surface area contributed by atoms with Gasteiger partial charge >= 0.3 is 0 Å². The fourth-order valence-electron chi connectivity index (χ4n) is 3.68. The van der Waals surface area contributed by atoms with Gasteiger partial charge in [0.05, 0.1) is 10.5 Å². The highest BCUT2D eigenvalue weighted by atomic mass is 32.1. The summed E-state index contributed by atoms with van der Waals surface area (Å²) in [6.45, 7) is 3.32. The second kappa shape index (κ2) is 7.11. The van der Waals surface area contributed by atoms with Crippen LogP contribution >= 0.6 is 11.3 Å². The van der Waals surface area contributed by atoms with Gasteiger partial charge in [-0.15, -0.1) is 11.3 Å². The maximum Gasteiger partial charge on any atom is 0.263 e. The number of hydrogen-bond acceptors (Lipinski definition) is 4. The summed E-state index contributed by atoms with van der Waals surface area (Å²) in [7, 11) is 1.77. The van der Waals surface area contributed by atoms with Crippen molar-refractivity contribution in [2.45, 2.75) is 37.7 Å². The first-order valence-corrected chi connectivity index (χ1v) is 9.06. The molecule has 1 amide bonds. The van der Waals surface area contributed by atoms with E-state index in [9.17, 15) is 4.79 Å². The monoisotopic (exact) mass is 323 g/mol. The van der Waals surface area contributed by atoms with Crippen LogP contribution in [0.15, 0.2) is 17.5 Å². The van der Waals surface area contributed by atoms with Crippen LogP contribution in [0.1, 0.15) is 41.8 Å². The Morgan fingerprint density at radius 3 is 3.00 bits per heavy atom. The second-order valence-corrected chi connectivity index (χ2v) is 7.39. The minimum absolute atomic E-state index is 0.00286. The summed E-state index contributed by atoms with van der Waals surface area (Å²) in [5, 5.41) is 1.96. The van der Waals surface area contributed by atoms with E-state index >= 15 is 0 Å². The zero-order valence-electron chi connectivity index (χ0n) is 13.3. The number of carbonyl (C=O) groups excluding carboxylic acids is 1. The van der Waals surface area contributed by atoms with E-state index in [1.807, 2.05) is 22.4 Å². The molecule has 2 aliphatic heterocycles. The topological polar surface area (TPSA) is 38.8 Å². The maximum absolute atomic E-state index is 12.4. The number of carbonyl (C=O) groups is 1. The van der Waals surface area contributed by atoms with Crippen molar-refractivity contribution < 1.29 is 14.3 Å². The van der Waals surface area contributed by atoms with Crippen LogP contribution in [-0.2, 0) is 9.47 Å². The number of methoxy groups -OCH3 is 1. The number of ether oxygens (including phenoxy) is 2. The highest BCUT2D eigenvalue weighted by Gasteiger charge is 2.41. The predicted molar refractivity (Wildman–Crippen MR) is 87.4 cm³/mol. The molecule has 1 aromatic rings. The number of thiophene rings is 1. The Kier molecular flexibility index (Phi) is 5.16. The van der Waals surface area contributed by atoms with Crippen molar-refractivity contribution in [1.82, 2.24) is 4.90 Å². The van der Waals surface area contributed by atoms with E-state index in [1.54, 1.807) is 7.11 Å². The van der Waals surface area contributed by atoms with Crippen molar-refractivity contribution >= 4 is 17.2 Å². The standard InChI is InChI=1S/C17H25NO3S/c1-20-10-4-14-5-11-21-17(13-14)6-8-18(9-7-17)16(19)15-3-2-12-22-15/h2-3,12,14H,4-11,13H2,1H3.